The van der Waals surface area contributed by atoms with Crippen molar-refractivity contribution >= 4 is 37.0 Å². The molecule has 0 amide bonds. The van der Waals surface area contributed by atoms with E-state index < -0.39 is 21.5 Å². The van der Waals surface area contributed by atoms with Gasteiger partial charge in [0.25, 0.3) is 0 Å². The topological polar surface area (TPSA) is 56.3 Å². The van der Waals surface area contributed by atoms with Crippen LogP contribution in [0.5, 0.6) is 5.88 Å². The minimum absolute atomic E-state index is 0.318. The number of pyridine rings is 1. The minimum Gasteiger partial charge on any atom is -0.355 e. The Balaban J connectivity index is 2.40. The first-order valence-electron chi connectivity index (χ1n) is 4.76. The molecule has 0 aliphatic carbocycles. The molecule has 0 bridgehead atoms. The van der Waals surface area contributed by atoms with Crippen molar-refractivity contribution < 1.29 is 25.8 Å². The molecule has 0 fully saturated rings. The van der Waals surface area contributed by atoms with Crippen LogP contribution >= 0.6 is 15.9 Å². The molecule has 0 unspecified atom stereocenters. The average Bonchev–Trinajstić information content (AvgIpc) is 2.27. The Morgan fingerprint density at radius 1 is 1.16 bits per heavy atom. The molecule has 0 aliphatic heterocycles. The zero-order valence-corrected chi connectivity index (χ0v) is 11.4. The highest BCUT2D eigenvalue weighted by Gasteiger charge is 2.48. The van der Waals surface area contributed by atoms with E-state index in [0.29, 0.717) is 10.9 Å². The van der Waals surface area contributed by atoms with Crippen LogP contribution in [0.25, 0.3) is 10.9 Å². The smallest absolute Gasteiger partial charge is 0.355 e. The third-order valence-electron chi connectivity index (χ3n) is 2.10. The SMILES string of the molecule is O=S(=O)(Oc1ccc2cc(Br)ccc2n1)C(F)(F)F. The monoisotopic (exact) mass is 355 g/mol. The Labute approximate surface area is 114 Å². The maximum Gasteiger partial charge on any atom is 0.534 e. The fraction of sp³-hybridized carbons (Fsp3) is 0.100. The van der Waals surface area contributed by atoms with Crippen molar-refractivity contribution in [2.24, 2.45) is 0 Å². The number of alkyl halides is 3. The third kappa shape index (κ3) is 2.98. The number of hydrogen-bond acceptors (Lipinski definition) is 4. The lowest BCUT2D eigenvalue weighted by Crippen LogP contribution is -2.28. The second-order valence-corrected chi connectivity index (χ2v) is 5.92. The Kier molecular flexibility index (Phi) is 3.43. The van der Waals surface area contributed by atoms with E-state index in [9.17, 15) is 21.6 Å². The lowest BCUT2D eigenvalue weighted by molar-refractivity contribution is -0.0501. The molecule has 0 aliphatic rings. The molecule has 2 rings (SSSR count). The van der Waals surface area contributed by atoms with Crippen molar-refractivity contribution in [1.29, 1.82) is 0 Å². The molecule has 1 aromatic carbocycles. The summed E-state index contributed by atoms with van der Waals surface area (Å²) < 4.78 is 62.7. The van der Waals surface area contributed by atoms with Crippen LogP contribution in [0.3, 0.4) is 0 Å². The van der Waals surface area contributed by atoms with Crippen LogP contribution in [0.2, 0.25) is 0 Å². The zero-order chi connectivity index (χ0) is 14.3. The van der Waals surface area contributed by atoms with E-state index >= 15 is 0 Å². The predicted octanol–water partition coefficient (Wildman–Crippen LogP) is 3.23. The second kappa shape index (κ2) is 4.64. The first kappa shape index (κ1) is 14.1. The molecular weight excluding hydrogens is 351 g/mol. The lowest BCUT2D eigenvalue weighted by atomic mass is 10.2. The number of halogens is 4. The van der Waals surface area contributed by atoms with Crippen LogP contribution < -0.4 is 4.18 Å². The number of aromatic nitrogens is 1. The molecule has 9 heteroatoms. The average molecular weight is 356 g/mol. The third-order valence-corrected chi connectivity index (χ3v) is 3.55. The molecule has 0 radical (unpaired) electrons. The van der Waals surface area contributed by atoms with E-state index in [0.717, 1.165) is 10.5 Å². The summed E-state index contributed by atoms with van der Waals surface area (Å²) in [6, 6.07) is 7.29. The van der Waals surface area contributed by atoms with Crippen LogP contribution in [0.1, 0.15) is 0 Å². The Hall–Kier alpha value is -1.35. The number of rotatable bonds is 2. The molecule has 0 atom stereocenters. The lowest BCUT2D eigenvalue weighted by Gasteiger charge is -2.09. The van der Waals surface area contributed by atoms with E-state index in [1.165, 1.54) is 12.1 Å². The second-order valence-electron chi connectivity index (χ2n) is 3.47. The fourth-order valence-corrected chi connectivity index (χ4v) is 2.07. The number of nitrogens with zero attached hydrogens (tertiary/aromatic N) is 1. The number of fused-ring (bicyclic) bond motifs is 1. The van der Waals surface area contributed by atoms with Crippen molar-refractivity contribution in [3.8, 4) is 5.88 Å². The van der Waals surface area contributed by atoms with Gasteiger partial charge in [-0.2, -0.15) is 21.6 Å². The van der Waals surface area contributed by atoms with E-state index in [4.69, 9.17) is 0 Å². The van der Waals surface area contributed by atoms with E-state index in [1.54, 1.807) is 12.1 Å². The van der Waals surface area contributed by atoms with Crippen LogP contribution in [0.15, 0.2) is 34.8 Å². The van der Waals surface area contributed by atoms with E-state index in [2.05, 4.69) is 25.1 Å². The molecule has 102 valence electrons. The molecular formula is C10H5BrF3NO3S. The maximum absolute atomic E-state index is 12.1. The van der Waals surface area contributed by atoms with Gasteiger partial charge in [-0.25, -0.2) is 4.98 Å². The van der Waals surface area contributed by atoms with Crippen LogP contribution in [-0.4, -0.2) is 18.9 Å². The van der Waals surface area contributed by atoms with Crippen molar-refractivity contribution in [3.05, 3.63) is 34.8 Å². The number of hydrogen-bond donors (Lipinski definition) is 0. The van der Waals surface area contributed by atoms with Gasteiger partial charge in [0.1, 0.15) is 0 Å². The van der Waals surface area contributed by atoms with Crippen molar-refractivity contribution in [2.45, 2.75) is 5.51 Å². The highest BCUT2D eigenvalue weighted by molar-refractivity contribution is 9.10. The Morgan fingerprint density at radius 2 is 1.84 bits per heavy atom. The zero-order valence-electron chi connectivity index (χ0n) is 8.98. The summed E-state index contributed by atoms with van der Waals surface area (Å²) in [6.07, 6.45) is 0. The van der Waals surface area contributed by atoms with Crippen molar-refractivity contribution in [2.75, 3.05) is 0 Å². The maximum atomic E-state index is 12.1. The molecule has 1 heterocycles. The summed E-state index contributed by atoms with van der Waals surface area (Å²) in [6.45, 7) is 0. The molecule has 2 aromatic rings. The highest BCUT2D eigenvalue weighted by Crippen LogP contribution is 2.27. The van der Waals surface area contributed by atoms with E-state index in [1.807, 2.05) is 0 Å². The van der Waals surface area contributed by atoms with Gasteiger partial charge in [0.15, 0.2) is 0 Å². The summed E-state index contributed by atoms with van der Waals surface area (Å²) in [5.41, 5.74) is -5.17. The van der Waals surface area contributed by atoms with Crippen LogP contribution in [0.4, 0.5) is 13.2 Å². The molecule has 1 aromatic heterocycles. The molecule has 0 saturated carbocycles. The summed E-state index contributed by atoms with van der Waals surface area (Å²) in [4.78, 5) is 3.69. The molecule has 19 heavy (non-hydrogen) atoms. The van der Waals surface area contributed by atoms with Crippen LogP contribution in [-0.2, 0) is 10.1 Å². The van der Waals surface area contributed by atoms with E-state index in [-0.39, 0.29) is 0 Å². The largest absolute Gasteiger partial charge is 0.534 e. The van der Waals surface area contributed by atoms with Gasteiger partial charge in [-0.05, 0) is 24.3 Å². The van der Waals surface area contributed by atoms with Gasteiger partial charge in [-0.1, -0.05) is 15.9 Å². The van der Waals surface area contributed by atoms with Gasteiger partial charge < -0.3 is 4.18 Å². The molecule has 4 nitrogen and oxygen atoms in total. The van der Waals surface area contributed by atoms with Gasteiger partial charge in [0, 0.05) is 15.9 Å². The first-order valence-corrected chi connectivity index (χ1v) is 6.96. The highest BCUT2D eigenvalue weighted by atomic mass is 79.9. The Bertz CT molecular complexity index is 730. The first-order chi connectivity index (χ1) is 8.69. The van der Waals surface area contributed by atoms with Gasteiger partial charge in [-0.3, -0.25) is 0 Å². The van der Waals surface area contributed by atoms with Crippen molar-refractivity contribution in [3.63, 3.8) is 0 Å². The summed E-state index contributed by atoms with van der Waals surface area (Å²) >= 11 is 3.22. The van der Waals surface area contributed by atoms with Gasteiger partial charge >= 0.3 is 15.6 Å². The predicted molar refractivity (Wildman–Crippen MR) is 65.0 cm³/mol. The Morgan fingerprint density at radius 3 is 2.47 bits per heavy atom. The minimum atomic E-state index is -5.70. The summed E-state index contributed by atoms with van der Waals surface area (Å²) in [7, 11) is -5.70. The standard InChI is InChI=1S/C10H5BrF3NO3S/c11-7-2-3-8-6(5-7)1-4-9(15-8)18-19(16,17)10(12,13)14/h1-5H. The van der Waals surface area contributed by atoms with Crippen molar-refractivity contribution in [1.82, 2.24) is 4.98 Å². The quantitative estimate of drug-likeness (QED) is 0.613. The normalized spacial score (nSPS) is 12.6. The molecule has 0 N–H and O–H groups in total. The van der Waals surface area contributed by atoms with Gasteiger partial charge in [0.05, 0.1) is 5.52 Å². The molecule has 0 saturated heterocycles. The van der Waals surface area contributed by atoms with Gasteiger partial charge in [0.2, 0.25) is 5.88 Å². The van der Waals surface area contributed by atoms with Crippen LogP contribution in [0, 0.1) is 0 Å². The fourth-order valence-electron chi connectivity index (χ4n) is 1.28. The number of benzene rings is 1. The van der Waals surface area contributed by atoms with Gasteiger partial charge in [-0.15, -0.1) is 0 Å². The summed E-state index contributed by atoms with van der Waals surface area (Å²) in [5.74, 6) is -0.632. The molecule has 0 spiro atoms. The summed E-state index contributed by atoms with van der Waals surface area (Å²) in [5, 5.41) is 0.631.